The van der Waals surface area contributed by atoms with Crippen LogP contribution in [-0.4, -0.2) is 58.9 Å². The summed E-state index contributed by atoms with van der Waals surface area (Å²) in [6.45, 7) is 3.91. The Kier molecular flexibility index (Phi) is 15.9. The van der Waals surface area contributed by atoms with Crippen molar-refractivity contribution >= 4 is 35.7 Å². The summed E-state index contributed by atoms with van der Waals surface area (Å²) in [6, 6.07) is 3.75. The smallest absolute Gasteiger partial charge is 0.412 e. The van der Waals surface area contributed by atoms with Gasteiger partial charge in [-0.15, -0.1) is 0 Å². The Morgan fingerprint density at radius 1 is 0.970 bits per heavy atom. The van der Waals surface area contributed by atoms with Crippen LogP contribution in [0.2, 0.25) is 0 Å². The van der Waals surface area contributed by atoms with Crippen molar-refractivity contribution in [3.63, 3.8) is 0 Å². The van der Waals surface area contributed by atoms with E-state index in [2.05, 4.69) is 15.8 Å². The van der Waals surface area contributed by atoms with E-state index >= 15 is 0 Å². The fourth-order valence-electron chi connectivity index (χ4n) is 1.71. The molecule has 2 unspecified atom stereocenters. The van der Waals surface area contributed by atoms with E-state index in [1.54, 1.807) is 13.8 Å². The van der Waals surface area contributed by atoms with Gasteiger partial charge in [0.25, 0.3) is 0 Å². The third-order valence-corrected chi connectivity index (χ3v) is 3.65. The Morgan fingerprint density at radius 2 is 1.48 bits per heavy atom. The second-order valence-electron chi connectivity index (χ2n) is 6.82. The SMILES string of the molecule is CC(C)C(N)C(=O)O.NC(=O)NCCCC(N)C(=O)O.NC(=O)OC(=O)c1ccc(N)cc1. The number of amides is 3. The maximum atomic E-state index is 11.0. The molecule has 0 aliphatic carbocycles. The molecular formula is C19H32N6O8. The minimum Gasteiger partial charge on any atom is -0.480 e. The standard InChI is InChI=1S/C8H8N2O3.C6H13N3O3.C5H11NO2/c9-6-3-1-5(2-4-6)7(11)13-8(10)12;7-4(5(10)11)2-1-3-9-6(8)12;1-3(2)4(6)5(7)8/h1-4H,9H2,(H2,10,12);4H,1-3,7H2,(H,10,11)(H3,8,9,12);3-4H,6H2,1-2H3,(H,7,8). The van der Waals surface area contributed by atoms with Crippen LogP contribution in [0.15, 0.2) is 24.3 Å². The first-order valence-electron chi connectivity index (χ1n) is 9.56. The monoisotopic (exact) mass is 472 g/mol. The van der Waals surface area contributed by atoms with Gasteiger partial charge in [-0.1, -0.05) is 13.8 Å². The molecule has 0 saturated carbocycles. The van der Waals surface area contributed by atoms with E-state index in [-0.39, 0.29) is 11.5 Å². The number of nitrogen functional groups attached to an aromatic ring is 1. The van der Waals surface area contributed by atoms with Gasteiger partial charge in [-0.05, 0) is 43.0 Å². The van der Waals surface area contributed by atoms with Crippen LogP contribution in [0.1, 0.15) is 37.0 Å². The molecule has 14 nitrogen and oxygen atoms in total. The number of nitrogens with two attached hydrogens (primary N) is 5. The van der Waals surface area contributed by atoms with Gasteiger partial charge in [0, 0.05) is 12.2 Å². The molecule has 0 bridgehead atoms. The lowest BCUT2D eigenvalue weighted by Crippen LogP contribution is -2.34. The van der Waals surface area contributed by atoms with Gasteiger partial charge in [-0.25, -0.2) is 14.4 Å². The van der Waals surface area contributed by atoms with E-state index < -0.39 is 42.1 Å². The van der Waals surface area contributed by atoms with Crippen molar-refractivity contribution in [2.24, 2.45) is 28.9 Å². The Balaban J connectivity index is 0. The number of esters is 1. The molecule has 33 heavy (non-hydrogen) atoms. The summed E-state index contributed by atoms with van der Waals surface area (Å²) < 4.78 is 4.14. The highest BCUT2D eigenvalue weighted by Gasteiger charge is 2.14. The largest absolute Gasteiger partial charge is 0.480 e. The van der Waals surface area contributed by atoms with Crippen LogP contribution >= 0.6 is 0 Å². The highest BCUT2D eigenvalue weighted by Crippen LogP contribution is 2.06. The zero-order valence-corrected chi connectivity index (χ0v) is 18.4. The number of benzene rings is 1. The minimum absolute atomic E-state index is 0.0208. The van der Waals surface area contributed by atoms with Crippen LogP contribution in [0.25, 0.3) is 0 Å². The second kappa shape index (κ2) is 16.7. The molecule has 1 aromatic rings. The van der Waals surface area contributed by atoms with E-state index in [0.29, 0.717) is 25.1 Å². The van der Waals surface area contributed by atoms with E-state index in [4.69, 9.17) is 33.1 Å². The lowest BCUT2D eigenvalue weighted by molar-refractivity contribution is -0.140. The van der Waals surface area contributed by atoms with Crippen molar-refractivity contribution in [3.8, 4) is 0 Å². The van der Waals surface area contributed by atoms with E-state index in [9.17, 15) is 24.0 Å². The van der Waals surface area contributed by atoms with E-state index in [0.717, 1.165) is 0 Å². The van der Waals surface area contributed by atoms with E-state index in [1.807, 2.05) is 0 Å². The number of primary amides is 2. The number of anilines is 1. The molecule has 14 heteroatoms. The van der Waals surface area contributed by atoms with Gasteiger partial charge < -0.3 is 48.9 Å². The predicted octanol–water partition coefficient (Wildman–Crippen LogP) is -0.595. The highest BCUT2D eigenvalue weighted by molar-refractivity contribution is 5.96. The molecule has 0 radical (unpaired) electrons. The van der Waals surface area contributed by atoms with Gasteiger partial charge in [0.05, 0.1) is 5.56 Å². The third kappa shape index (κ3) is 17.5. The zero-order chi connectivity index (χ0) is 26.1. The fraction of sp³-hybridized carbons (Fsp3) is 0.421. The molecular weight excluding hydrogens is 440 g/mol. The maximum absolute atomic E-state index is 11.0. The molecule has 2 atom stereocenters. The predicted molar refractivity (Wildman–Crippen MR) is 119 cm³/mol. The van der Waals surface area contributed by atoms with Crippen molar-refractivity contribution in [1.82, 2.24) is 5.32 Å². The van der Waals surface area contributed by atoms with Crippen molar-refractivity contribution in [2.45, 2.75) is 38.8 Å². The number of hydrogen-bond donors (Lipinski definition) is 8. The summed E-state index contributed by atoms with van der Waals surface area (Å²) in [5.41, 5.74) is 25.9. The molecule has 0 spiro atoms. The van der Waals surface area contributed by atoms with Gasteiger partial charge in [0.2, 0.25) is 0 Å². The Labute approximate surface area is 190 Å². The van der Waals surface area contributed by atoms with Gasteiger partial charge in [-0.2, -0.15) is 0 Å². The average molecular weight is 472 g/mol. The fourth-order valence-corrected chi connectivity index (χ4v) is 1.71. The normalized spacial score (nSPS) is 11.4. The quantitative estimate of drug-likeness (QED) is 0.102. The van der Waals surface area contributed by atoms with Crippen LogP contribution in [-0.2, 0) is 14.3 Å². The molecule has 186 valence electrons. The number of aliphatic carboxylic acids is 2. The molecule has 0 aromatic heterocycles. The number of carbonyl (C=O) groups is 5. The lowest BCUT2D eigenvalue weighted by Gasteiger charge is -2.07. The molecule has 0 fully saturated rings. The number of rotatable bonds is 8. The van der Waals surface area contributed by atoms with E-state index in [1.165, 1.54) is 24.3 Å². The van der Waals surface area contributed by atoms with Crippen LogP contribution < -0.4 is 34.0 Å². The van der Waals surface area contributed by atoms with Gasteiger partial charge in [-0.3, -0.25) is 9.59 Å². The lowest BCUT2D eigenvalue weighted by atomic mass is 10.1. The summed E-state index contributed by atoms with van der Waals surface area (Å²) in [4.78, 5) is 51.6. The number of hydrogen-bond acceptors (Lipinski definition) is 9. The van der Waals surface area contributed by atoms with Crippen LogP contribution in [0.5, 0.6) is 0 Å². The number of carboxylic acid groups (broad SMARTS) is 2. The molecule has 0 heterocycles. The molecule has 0 aliphatic rings. The van der Waals surface area contributed by atoms with Crippen molar-refractivity contribution in [2.75, 3.05) is 12.3 Å². The van der Waals surface area contributed by atoms with Crippen molar-refractivity contribution in [1.29, 1.82) is 0 Å². The number of carbonyl (C=O) groups excluding carboxylic acids is 3. The Bertz CT molecular complexity index is 785. The van der Waals surface area contributed by atoms with Crippen molar-refractivity contribution in [3.05, 3.63) is 29.8 Å². The summed E-state index contributed by atoms with van der Waals surface area (Å²) in [7, 11) is 0. The number of carboxylic acids is 2. The highest BCUT2D eigenvalue weighted by atomic mass is 16.6. The van der Waals surface area contributed by atoms with Crippen molar-refractivity contribution < 1.29 is 38.9 Å². The third-order valence-electron chi connectivity index (χ3n) is 3.65. The molecule has 0 aliphatic heterocycles. The van der Waals surface area contributed by atoms with Crippen LogP contribution in [0, 0.1) is 5.92 Å². The second-order valence-corrected chi connectivity index (χ2v) is 6.82. The Hall–Kier alpha value is -3.91. The van der Waals surface area contributed by atoms with Gasteiger partial charge in [0.1, 0.15) is 12.1 Å². The van der Waals surface area contributed by atoms with Gasteiger partial charge >= 0.3 is 30.0 Å². The molecule has 1 rings (SSSR count). The summed E-state index contributed by atoms with van der Waals surface area (Å²) in [5.74, 6) is -2.73. The topological polar surface area (TPSA) is 277 Å². The number of ether oxygens (including phenoxy) is 1. The molecule has 13 N–H and O–H groups in total. The first kappa shape index (κ1) is 31.3. The molecule has 3 amide bonds. The summed E-state index contributed by atoms with van der Waals surface area (Å²) in [6.07, 6.45) is -0.284. The van der Waals surface area contributed by atoms with Crippen LogP contribution in [0.3, 0.4) is 0 Å². The van der Waals surface area contributed by atoms with Crippen LogP contribution in [0.4, 0.5) is 15.3 Å². The average Bonchev–Trinajstić information content (AvgIpc) is 2.71. The number of nitrogens with one attached hydrogen (secondary N) is 1. The molecule has 0 saturated heterocycles. The first-order valence-corrected chi connectivity index (χ1v) is 9.56. The summed E-state index contributed by atoms with van der Waals surface area (Å²) >= 11 is 0. The number of urea groups is 1. The first-order chi connectivity index (χ1) is 15.2. The Morgan fingerprint density at radius 3 is 1.82 bits per heavy atom. The van der Waals surface area contributed by atoms with Gasteiger partial charge in [0.15, 0.2) is 0 Å². The molecule has 1 aromatic carbocycles. The maximum Gasteiger partial charge on any atom is 0.412 e. The zero-order valence-electron chi connectivity index (χ0n) is 18.4. The minimum atomic E-state index is -1.12. The summed E-state index contributed by atoms with van der Waals surface area (Å²) in [5, 5.41) is 18.9.